The predicted molar refractivity (Wildman–Crippen MR) is 63.0 cm³/mol. The molecule has 0 aromatic heterocycles. The van der Waals surface area contributed by atoms with Crippen molar-refractivity contribution in [2.45, 2.75) is 0 Å². The Bertz CT molecular complexity index is 407. The first-order valence-corrected chi connectivity index (χ1v) is 5.37. The number of nitrogens with zero attached hydrogens (tertiary/aromatic N) is 1. The van der Waals surface area contributed by atoms with Crippen LogP contribution in [0, 0.1) is 11.3 Å². The minimum Gasteiger partial charge on any atom is -0.495 e. The monoisotopic (exact) mass is 315 g/mol. The molecule has 0 saturated carbocycles. The number of benzene rings is 1. The molecule has 1 aromatic carbocycles. The smallest absolute Gasteiger partial charge is 0.140 e. The van der Waals surface area contributed by atoms with Gasteiger partial charge in [0.2, 0.25) is 0 Å². The lowest BCUT2D eigenvalue weighted by molar-refractivity contribution is 0.411. The molecule has 0 bridgehead atoms. The predicted octanol–water partition coefficient (Wildman–Crippen LogP) is 3.76. The summed E-state index contributed by atoms with van der Waals surface area (Å²) in [4.78, 5) is 0. The van der Waals surface area contributed by atoms with Crippen molar-refractivity contribution in [2.24, 2.45) is 0 Å². The topological polar surface area (TPSA) is 33.0 Å². The zero-order valence-electron chi connectivity index (χ0n) is 7.42. The highest BCUT2D eigenvalue weighted by molar-refractivity contribution is 9.11. The molecular formula is C10H7Br2NO. The van der Waals surface area contributed by atoms with Gasteiger partial charge in [-0.15, -0.1) is 0 Å². The Balaban J connectivity index is 3.26. The van der Waals surface area contributed by atoms with Gasteiger partial charge in [0.05, 0.1) is 17.7 Å². The van der Waals surface area contributed by atoms with E-state index in [2.05, 4.69) is 31.9 Å². The Hall–Kier alpha value is -0.790. The number of hydrogen-bond acceptors (Lipinski definition) is 2. The van der Waals surface area contributed by atoms with Gasteiger partial charge in [0.25, 0.3) is 0 Å². The number of halogens is 2. The van der Waals surface area contributed by atoms with E-state index in [1.165, 1.54) is 6.08 Å². The largest absolute Gasteiger partial charge is 0.495 e. The molecule has 0 atom stereocenters. The maximum atomic E-state index is 8.43. The number of methoxy groups -OCH3 is 1. The molecule has 0 amide bonds. The highest BCUT2D eigenvalue weighted by Gasteiger charge is 2.06. The first kappa shape index (κ1) is 11.3. The van der Waals surface area contributed by atoms with E-state index in [9.17, 15) is 0 Å². The molecule has 0 aliphatic heterocycles. The third kappa shape index (κ3) is 2.60. The van der Waals surface area contributed by atoms with Crippen molar-refractivity contribution in [2.75, 3.05) is 7.11 Å². The highest BCUT2D eigenvalue weighted by atomic mass is 79.9. The van der Waals surface area contributed by atoms with Gasteiger partial charge in [-0.05, 0) is 34.1 Å². The summed E-state index contributed by atoms with van der Waals surface area (Å²) < 4.78 is 6.99. The molecule has 0 unspecified atom stereocenters. The van der Waals surface area contributed by atoms with Crippen LogP contribution in [0.15, 0.2) is 27.2 Å². The zero-order valence-corrected chi connectivity index (χ0v) is 10.6. The van der Waals surface area contributed by atoms with Crippen LogP contribution in [0.25, 0.3) is 6.08 Å². The van der Waals surface area contributed by atoms with E-state index in [-0.39, 0.29) is 0 Å². The van der Waals surface area contributed by atoms with Crippen molar-refractivity contribution in [3.05, 3.63) is 32.7 Å². The minimum absolute atomic E-state index is 0.722. The second-order valence-corrected chi connectivity index (χ2v) is 4.24. The molecule has 1 aromatic rings. The molecule has 4 heteroatoms. The molecule has 1 rings (SSSR count). The molecule has 0 spiro atoms. The zero-order chi connectivity index (χ0) is 10.6. The highest BCUT2D eigenvalue weighted by Crippen LogP contribution is 2.33. The molecule has 0 N–H and O–H groups in total. The fraction of sp³-hybridized carbons (Fsp3) is 0.100. The minimum atomic E-state index is 0.722. The Morgan fingerprint density at radius 3 is 2.71 bits per heavy atom. The Morgan fingerprint density at radius 1 is 1.43 bits per heavy atom. The summed E-state index contributed by atoms with van der Waals surface area (Å²) in [7, 11) is 1.59. The maximum absolute atomic E-state index is 8.43. The van der Waals surface area contributed by atoms with E-state index < -0.39 is 0 Å². The van der Waals surface area contributed by atoms with Crippen LogP contribution in [0.5, 0.6) is 5.75 Å². The third-order valence-corrected chi connectivity index (χ3v) is 2.63. The molecule has 0 fully saturated rings. The van der Waals surface area contributed by atoms with Crippen molar-refractivity contribution < 1.29 is 4.74 Å². The van der Waals surface area contributed by atoms with Crippen LogP contribution in [0.1, 0.15) is 5.56 Å². The van der Waals surface area contributed by atoms with E-state index in [1.54, 1.807) is 13.2 Å². The normalized spacial score (nSPS) is 10.1. The number of allylic oxidation sites excluding steroid dienone is 1. The maximum Gasteiger partial charge on any atom is 0.140 e. The lowest BCUT2D eigenvalue weighted by Gasteiger charge is -2.07. The van der Waals surface area contributed by atoms with Gasteiger partial charge in [0.15, 0.2) is 0 Å². The SMILES string of the molecule is COc1c(Br)cc(Br)cc1/C=C/C#N. The van der Waals surface area contributed by atoms with E-state index in [0.717, 1.165) is 20.3 Å². The van der Waals surface area contributed by atoms with Gasteiger partial charge in [-0.25, -0.2) is 0 Å². The van der Waals surface area contributed by atoms with E-state index in [4.69, 9.17) is 10.00 Å². The van der Waals surface area contributed by atoms with E-state index in [0.29, 0.717) is 0 Å². The second kappa shape index (κ2) is 5.18. The summed E-state index contributed by atoms with van der Waals surface area (Å²) in [5.41, 5.74) is 0.857. The summed E-state index contributed by atoms with van der Waals surface area (Å²) >= 11 is 6.74. The molecule has 0 aliphatic carbocycles. The summed E-state index contributed by atoms with van der Waals surface area (Å²) in [6, 6.07) is 5.72. The lowest BCUT2D eigenvalue weighted by atomic mass is 10.2. The van der Waals surface area contributed by atoms with Crippen LogP contribution in [-0.4, -0.2) is 7.11 Å². The van der Waals surface area contributed by atoms with E-state index >= 15 is 0 Å². The van der Waals surface area contributed by atoms with Gasteiger partial charge in [0, 0.05) is 16.1 Å². The van der Waals surface area contributed by atoms with Gasteiger partial charge in [-0.2, -0.15) is 5.26 Å². The second-order valence-electron chi connectivity index (χ2n) is 2.47. The Labute approximate surface area is 99.4 Å². The summed E-state index contributed by atoms with van der Waals surface area (Å²) in [5.74, 6) is 0.722. The third-order valence-electron chi connectivity index (χ3n) is 1.58. The van der Waals surface area contributed by atoms with Gasteiger partial charge in [0.1, 0.15) is 5.75 Å². The molecule has 2 nitrogen and oxygen atoms in total. The van der Waals surface area contributed by atoms with Gasteiger partial charge in [-0.1, -0.05) is 15.9 Å². The van der Waals surface area contributed by atoms with Crippen molar-refractivity contribution in [1.82, 2.24) is 0 Å². The van der Waals surface area contributed by atoms with E-state index in [1.807, 2.05) is 18.2 Å². The number of nitriles is 1. The fourth-order valence-electron chi connectivity index (χ4n) is 1.05. The van der Waals surface area contributed by atoms with Crippen LogP contribution in [-0.2, 0) is 0 Å². The molecule has 0 radical (unpaired) electrons. The van der Waals surface area contributed by atoms with Gasteiger partial charge in [-0.3, -0.25) is 0 Å². The Morgan fingerprint density at radius 2 is 2.14 bits per heavy atom. The summed E-state index contributed by atoms with van der Waals surface area (Å²) in [6.45, 7) is 0. The first-order valence-electron chi connectivity index (χ1n) is 3.78. The molecule has 0 heterocycles. The van der Waals surface area contributed by atoms with Gasteiger partial charge >= 0.3 is 0 Å². The number of rotatable bonds is 2. The Kier molecular flexibility index (Phi) is 4.18. The summed E-state index contributed by atoms with van der Waals surface area (Å²) in [6.07, 6.45) is 3.12. The van der Waals surface area contributed by atoms with Gasteiger partial charge < -0.3 is 4.74 Å². The van der Waals surface area contributed by atoms with Crippen LogP contribution >= 0.6 is 31.9 Å². The van der Waals surface area contributed by atoms with Crippen molar-refractivity contribution in [1.29, 1.82) is 5.26 Å². The molecular weight excluding hydrogens is 310 g/mol. The van der Waals surface area contributed by atoms with Crippen LogP contribution in [0.3, 0.4) is 0 Å². The lowest BCUT2D eigenvalue weighted by Crippen LogP contribution is -1.88. The first-order chi connectivity index (χ1) is 6.69. The average molecular weight is 317 g/mol. The number of ether oxygens (including phenoxy) is 1. The van der Waals surface area contributed by atoms with Crippen molar-refractivity contribution in [3.8, 4) is 11.8 Å². The molecule has 14 heavy (non-hydrogen) atoms. The molecule has 0 aliphatic rings. The van der Waals surface area contributed by atoms with Crippen molar-refractivity contribution in [3.63, 3.8) is 0 Å². The number of hydrogen-bond donors (Lipinski definition) is 0. The molecule has 72 valence electrons. The van der Waals surface area contributed by atoms with Crippen molar-refractivity contribution >= 4 is 37.9 Å². The average Bonchev–Trinajstić information content (AvgIpc) is 2.14. The van der Waals surface area contributed by atoms with Crippen LogP contribution in [0.2, 0.25) is 0 Å². The quantitative estimate of drug-likeness (QED) is 0.778. The molecule has 0 saturated heterocycles. The summed E-state index contributed by atoms with van der Waals surface area (Å²) in [5, 5.41) is 8.43. The van der Waals surface area contributed by atoms with Crippen LogP contribution < -0.4 is 4.74 Å². The fourth-order valence-corrected chi connectivity index (χ4v) is 2.47. The standard InChI is InChI=1S/C10H7Br2NO/c1-14-10-7(3-2-4-13)5-8(11)6-9(10)12/h2-3,5-6H,1H3/b3-2+. The van der Waals surface area contributed by atoms with Crippen LogP contribution in [0.4, 0.5) is 0 Å².